The Morgan fingerprint density at radius 3 is 2.74 bits per heavy atom. The first-order valence-corrected chi connectivity index (χ1v) is 7.98. The number of rotatable bonds is 6. The SMILES string of the molecule is CCCCCC[C@H]1C[C@@H]2CC[C@H]([C@H]1C(=O)OC)N2C. The van der Waals surface area contributed by atoms with Gasteiger partial charge in [-0.3, -0.25) is 9.69 Å². The molecule has 2 fully saturated rings. The topological polar surface area (TPSA) is 29.5 Å². The standard InChI is InChI=1S/C16H29NO2/c1-4-5-6-7-8-12-11-13-9-10-14(17(13)2)15(12)16(18)19-3/h12-15H,4-11H2,1-3H3/t12-,13-,14+,15-/m0/s1. The van der Waals surface area contributed by atoms with Crippen LogP contribution in [0, 0.1) is 11.8 Å². The molecule has 0 aromatic rings. The molecule has 0 amide bonds. The molecule has 0 unspecified atom stereocenters. The van der Waals surface area contributed by atoms with Crippen LogP contribution in [-0.4, -0.2) is 37.1 Å². The Bertz CT molecular complexity index is 305. The minimum Gasteiger partial charge on any atom is -0.469 e. The second kappa shape index (κ2) is 6.74. The van der Waals surface area contributed by atoms with Crippen LogP contribution >= 0.6 is 0 Å². The molecule has 2 heterocycles. The van der Waals surface area contributed by atoms with Crippen LogP contribution in [0.5, 0.6) is 0 Å². The van der Waals surface area contributed by atoms with E-state index < -0.39 is 0 Å². The van der Waals surface area contributed by atoms with Gasteiger partial charge in [-0.05, 0) is 38.6 Å². The van der Waals surface area contributed by atoms with Crippen LogP contribution in [-0.2, 0) is 9.53 Å². The molecule has 110 valence electrons. The zero-order valence-electron chi connectivity index (χ0n) is 12.7. The maximum atomic E-state index is 12.2. The Hall–Kier alpha value is -0.570. The summed E-state index contributed by atoms with van der Waals surface area (Å²) in [6.07, 6.45) is 10.0. The first-order valence-electron chi connectivity index (χ1n) is 7.98. The summed E-state index contributed by atoms with van der Waals surface area (Å²) >= 11 is 0. The number of methoxy groups -OCH3 is 1. The van der Waals surface area contributed by atoms with Crippen LogP contribution < -0.4 is 0 Å². The van der Waals surface area contributed by atoms with E-state index in [1.54, 1.807) is 0 Å². The van der Waals surface area contributed by atoms with Gasteiger partial charge in [0.25, 0.3) is 0 Å². The Morgan fingerprint density at radius 2 is 2.05 bits per heavy atom. The van der Waals surface area contributed by atoms with Gasteiger partial charge in [-0.1, -0.05) is 32.6 Å². The van der Waals surface area contributed by atoms with E-state index in [-0.39, 0.29) is 11.9 Å². The second-order valence-corrected chi connectivity index (χ2v) is 6.36. The predicted octanol–water partition coefficient (Wildman–Crippen LogP) is 3.23. The summed E-state index contributed by atoms with van der Waals surface area (Å²) in [5, 5.41) is 0. The fourth-order valence-corrected chi connectivity index (χ4v) is 4.18. The first kappa shape index (κ1) is 14.8. The molecule has 0 radical (unpaired) electrons. The molecule has 2 bridgehead atoms. The molecule has 2 saturated heterocycles. The van der Waals surface area contributed by atoms with Crippen molar-refractivity contribution >= 4 is 5.97 Å². The summed E-state index contributed by atoms with van der Waals surface area (Å²) in [6.45, 7) is 2.24. The highest BCUT2D eigenvalue weighted by atomic mass is 16.5. The average molecular weight is 267 g/mol. The molecule has 0 aromatic carbocycles. The van der Waals surface area contributed by atoms with E-state index in [9.17, 15) is 4.79 Å². The molecule has 0 aromatic heterocycles. The van der Waals surface area contributed by atoms with Gasteiger partial charge < -0.3 is 4.74 Å². The first-order chi connectivity index (χ1) is 9.19. The summed E-state index contributed by atoms with van der Waals surface area (Å²) in [7, 11) is 3.73. The van der Waals surface area contributed by atoms with Gasteiger partial charge in [-0.25, -0.2) is 0 Å². The molecule has 0 saturated carbocycles. The number of carbonyl (C=O) groups excluding carboxylic acids is 1. The normalized spacial score (nSPS) is 34.5. The van der Waals surface area contributed by atoms with E-state index in [1.165, 1.54) is 58.5 Å². The zero-order chi connectivity index (χ0) is 13.8. The summed E-state index contributed by atoms with van der Waals surface area (Å²) in [5.74, 6) is 0.700. The van der Waals surface area contributed by atoms with E-state index in [0.29, 0.717) is 18.0 Å². The van der Waals surface area contributed by atoms with Gasteiger partial charge in [0, 0.05) is 12.1 Å². The molecule has 4 atom stereocenters. The number of ether oxygens (including phenoxy) is 1. The molecule has 0 N–H and O–H groups in total. The van der Waals surface area contributed by atoms with Crippen molar-refractivity contribution in [3.05, 3.63) is 0 Å². The predicted molar refractivity (Wildman–Crippen MR) is 76.9 cm³/mol. The van der Waals surface area contributed by atoms with Gasteiger partial charge in [0.05, 0.1) is 13.0 Å². The molecule has 3 heteroatoms. The molecule has 2 rings (SSSR count). The highest BCUT2D eigenvalue weighted by Crippen LogP contribution is 2.43. The Labute approximate surface area is 117 Å². The van der Waals surface area contributed by atoms with Crippen LogP contribution in [0.3, 0.4) is 0 Å². The van der Waals surface area contributed by atoms with Crippen molar-refractivity contribution in [1.82, 2.24) is 4.90 Å². The molecule has 0 spiro atoms. The number of piperidine rings is 1. The van der Waals surface area contributed by atoms with Gasteiger partial charge in [-0.2, -0.15) is 0 Å². The molecule has 2 aliphatic heterocycles. The molecule has 2 aliphatic rings. The van der Waals surface area contributed by atoms with Crippen LogP contribution in [0.25, 0.3) is 0 Å². The molecular weight excluding hydrogens is 238 g/mol. The lowest BCUT2D eigenvalue weighted by Crippen LogP contribution is -2.49. The molecule has 0 aliphatic carbocycles. The Kier molecular flexibility index (Phi) is 5.26. The number of carbonyl (C=O) groups is 1. The third-order valence-corrected chi connectivity index (χ3v) is 5.29. The van der Waals surface area contributed by atoms with Gasteiger partial charge in [0.2, 0.25) is 0 Å². The minimum atomic E-state index is 0.0256. The van der Waals surface area contributed by atoms with Crippen molar-refractivity contribution in [3.8, 4) is 0 Å². The summed E-state index contributed by atoms with van der Waals surface area (Å²) < 4.78 is 5.08. The fraction of sp³-hybridized carbons (Fsp3) is 0.938. The lowest BCUT2D eigenvalue weighted by Gasteiger charge is -2.41. The smallest absolute Gasteiger partial charge is 0.310 e. The molecular formula is C16H29NO2. The van der Waals surface area contributed by atoms with Gasteiger partial charge in [-0.15, -0.1) is 0 Å². The second-order valence-electron chi connectivity index (χ2n) is 6.36. The van der Waals surface area contributed by atoms with Crippen LogP contribution in [0.2, 0.25) is 0 Å². The van der Waals surface area contributed by atoms with Crippen LogP contribution in [0.1, 0.15) is 58.3 Å². The summed E-state index contributed by atoms with van der Waals surface area (Å²) in [4.78, 5) is 14.6. The summed E-state index contributed by atoms with van der Waals surface area (Å²) in [6, 6.07) is 1.14. The minimum absolute atomic E-state index is 0.0256. The fourth-order valence-electron chi connectivity index (χ4n) is 4.18. The number of unbranched alkanes of at least 4 members (excludes halogenated alkanes) is 3. The maximum absolute atomic E-state index is 12.2. The summed E-state index contributed by atoms with van der Waals surface area (Å²) in [5.41, 5.74) is 0. The molecule has 19 heavy (non-hydrogen) atoms. The monoisotopic (exact) mass is 267 g/mol. The zero-order valence-corrected chi connectivity index (χ0v) is 12.7. The van der Waals surface area contributed by atoms with Gasteiger partial charge in [0.15, 0.2) is 0 Å². The maximum Gasteiger partial charge on any atom is 0.310 e. The average Bonchev–Trinajstić information content (AvgIpc) is 2.65. The van der Waals surface area contributed by atoms with E-state index in [2.05, 4.69) is 18.9 Å². The molecule has 3 nitrogen and oxygen atoms in total. The van der Waals surface area contributed by atoms with E-state index >= 15 is 0 Å². The van der Waals surface area contributed by atoms with E-state index in [4.69, 9.17) is 4.74 Å². The van der Waals surface area contributed by atoms with E-state index in [1.807, 2.05) is 0 Å². The van der Waals surface area contributed by atoms with E-state index in [0.717, 1.165) is 0 Å². The highest BCUT2D eigenvalue weighted by molar-refractivity contribution is 5.74. The van der Waals surface area contributed by atoms with Crippen molar-refractivity contribution in [2.24, 2.45) is 11.8 Å². The number of esters is 1. The van der Waals surface area contributed by atoms with Crippen LogP contribution in [0.4, 0.5) is 0 Å². The third kappa shape index (κ3) is 3.13. The van der Waals surface area contributed by atoms with Crippen molar-refractivity contribution in [1.29, 1.82) is 0 Å². The number of hydrogen-bond donors (Lipinski definition) is 0. The van der Waals surface area contributed by atoms with Gasteiger partial charge in [0.1, 0.15) is 0 Å². The van der Waals surface area contributed by atoms with Crippen molar-refractivity contribution in [3.63, 3.8) is 0 Å². The lowest BCUT2D eigenvalue weighted by molar-refractivity contribution is -0.152. The Morgan fingerprint density at radius 1 is 1.26 bits per heavy atom. The van der Waals surface area contributed by atoms with Crippen LogP contribution in [0.15, 0.2) is 0 Å². The third-order valence-electron chi connectivity index (χ3n) is 5.29. The van der Waals surface area contributed by atoms with Crippen molar-refractivity contribution in [2.45, 2.75) is 70.4 Å². The highest BCUT2D eigenvalue weighted by Gasteiger charge is 2.48. The van der Waals surface area contributed by atoms with Crippen molar-refractivity contribution < 1.29 is 9.53 Å². The van der Waals surface area contributed by atoms with Gasteiger partial charge >= 0.3 is 5.97 Å². The number of fused-ring (bicyclic) bond motifs is 2. The number of nitrogens with zero attached hydrogens (tertiary/aromatic N) is 1. The Balaban J connectivity index is 1.97. The largest absolute Gasteiger partial charge is 0.469 e. The van der Waals surface area contributed by atoms with Crippen molar-refractivity contribution in [2.75, 3.05) is 14.2 Å². The quantitative estimate of drug-likeness (QED) is 0.546. The number of hydrogen-bond acceptors (Lipinski definition) is 3. The lowest BCUT2D eigenvalue weighted by atomic mass is 9.77.